The maximum Gasteiger partial charge on any atom is 0.306 e. The number of carboxylic acid groups (broad SMARTS) is 2. The number of halogens is 2. The molecule has 2 unspecified atom stereocenters. The Morgan fingerprint density at radius 2 is 1.31 bits per heavy atom. The summed E-state index contributed by atoms with van der Waals surface area (Å²) in [6.45, 7) is 3.84. The van der Waals surface area contributed by atoms with Crippen LogP contribution in [0.3, 0.4) is 0 Å². The molecule has 45 heavy (non-hydrogen) atoms. The number of fused-ring (bicyclic) bond motifs is 2. The summed E-state index contributed by atoms with van der Waals surface area (Å²) in [6.07, 6.45) is 0.0590. The number of ether oxygens (including phenoxy) is 4. The highest BCUT2D eigenvalue weighted by Crippen LogP contribution is 2.44. The molecule has 2 heterocycles. The highest BCUT2D eigenvalue weighted by molar-refractivity contribution is 6.33. The number of carbonyl (C=O) groups is 4. The van der Waals surface area contributed by atoms with Crippen LogP contribution >= 0.6 is 11.6 Å². The Hall–Kier alpha value is -4.26. The lowest BCUT2D eigenvalue weighted by Gasteiger charge is -2.17. The summed E-state index contributed by atoms with van der Waals surface area (Å²) in [6, 6.07) is 3.37. The van der Waals surface area contributed by atoms with Gasteiger partial charge < -0.3 is 39.0 Å². The van der Waals surface area contributed by atoms with Crippen molar-refractivity contribution in [3.8, 4) is 23.0 Å². The molecule has 0 aliphatic carbocycles. The zero-order valence-corrected chi connectivity index (χ0v) is 26.2. The predicted octanol–water partition coefficient (Wildman–Crippen LogP) is 4.25. The molecule has 2 amide bonds. The van der Waals surface area contributed by atoms with E-state index in [-0.39, 0.29) is 75.5 Å². The Bertz CT molecular complexity index is 1500. The van der Waals surface area contributed by atoms with E-state index in [1.165, 1.54) is 33.0 Å². The lowest BCUT2D eigenvalue weighted by molar-refractivity contribution is -0.145. The molecule has 0 spiro atoms. The molecule has 0 saturated heterocycles. The van der Waals surface area contributed by atoms with Crippen LogP contribution in [0.1, 0.15) is 55.4 Å². The standard InChI is InChI=1S/C31H36ClFN2O10/c1-16(30(38)39)8-24(36)34-12-18-10-22(42-3)28(26(32)20(18)14-34)45-7-5-6-44-23-11-19-13-35(25(37)9-17(2)31(40)41)15-21(19)27(33)29(23)43-4/h10-11,16-17H,5-9,12-15H2,1-4H3,(H,38,39)(H,40,41). The summed E-state index contributed by atoms with van der Waals surface area (Å²) >= 11 is 6.68. The van der Waals surface area contributed by atoms with E-state index in [1.807, 2.05) is 0 Å². The molecular formula is C31H36ClFN2O10. The second-order valence-corrected chi connectivity index (χ2v) is 11.5. The Labute approximate surface area is 264 Å². The first-order chi connectivity index (χ1) is 21.4. The highest BCUT2D eigenvalue weighted by atomic mass is 35.5. The Morgan fingerprint density at radius 1 is 0.800 bits per heavy atom. The molecule has 0 bridgehead atoms. The molecule has 2 N–H and O–H groups in total. The van der Waals surface area contributed by atoms with Crippen molar-refractivity contribution in [1.82, 2.24) is 9.80 Å². The van der Waals surface area contributed by atoms with Gasteiger partial charge in [-0.3, -0.25) is 19.2 Å². The number of amides is 2. The van der Waals surface area contributed by atoms with Gasteiger partial charge in [0.15, 0.2) is 28.8 Å². The van der Waals surface area contributed by atoms with Gasteiger partial charge in [-0.1, -0.05) is 25.4 Å². The van der Waals surface area contributed by atoms with Crippen molar-refractivity contribution in [2.75, 3.05) is 27.4 Å². The number of rotatable bonds is 14. The second-order valence-electron chi connectivity index (χ2n) is 11.2. The van der Waals surface area contributed by atoms with Crippen LogP contribution in [-0.2, 0) is 45.4 Å². The molecule has 0 fully saturated rings. The van der Waals surface area contributed by atoms with Gasteiger partial charge in [0.05, 0.1) is 44.3 Å². The first-order valence-electron chi connectivity index (χ1n) is 14.4. The average molecular weight is 651 g/mol. The molecule has 2 aromatic rings. The minimum atomic E-state index is -1.08. The minimum absolute atomic E-state index is 0.00751. The van der Waals surface area contributed by atoms with Crippen LogP contribution in [0, 0.1) is 17.7 Å². The number of nitrogens with zero attached hydrogens (tertiary/aromatic N) is 2. The van der Waals surface area contributed by atoms with Gasteiger partial charge in [0.2, 0.25) is 11.8 Å². The van der Waals surface area contributed by atoms with Gasteiger partial charge in [0, 0.05) is 51.0 Å². The number of methoxy groups -OCH3 is 2. The third-order valence-corrected chi connectivity index (χ3v) is 8.31. The number of carboxylic acids is 2. The van der Waals surface area contributed by atoms with Crippen molar-refractivity contribution in [2.24, 2.45) is 11.8 Å². The number of hydrogen-bond donors (Lipinski definition) is 2. The van der Waals surface area contributed by atoms with Crippen LogP contribution in [0.4, 0.5) is 4.39 Å². The summed E-state index contributed by atoms with van der Waals surface area (Å²) in [5.41, 5.74) is 2.33. The van der Waals surface area contributed by atoms with Crippen molar-refractivity contribution >= 4 is 35.4 Å². The lowest BCUT2D eigenvalue weighted by Crippen LogP contribution is -2.28. The van der Waals surface area contributed by atoms with Gasteiger partial charge in [0.1, 0.15) is 0 Å². The van der Waals surface area contributed by atoms with E-state index in [0.717, 1.165) is 5.56 Å². The van der Waals surface area contributed by atoms with E-state index in [9.17, 15) is 19.2 Å². The number of benzene rings is 2. The quantitative estimate of drug-likeness (QED) is 0.284. The van der Waals surface area contributed by atoms with E-state index in [4.69, 9.17) is 40.8 Å². The third kappa shape index (κ3) is 7.35. The van der Waals surface area contributed by atoms with Crippen LogP contribution in [0.25, 0.3) is 0 Å². The van der Waals surface area contributed by atoms with Gasteiger partial charge in [-0.05, 0) is 28.8 Å². The average Bonchev–Trinajstić information content (AvgIpc) is 3.63. The topological polar surface area (TPSA) is 152 Å². The van der Waals surface area contributed by atoms with Gasteiger partial charge in [-0.15, -0.1) is 0 Å². The molecule has 244 valence electrons. The van der Waals surface area contributed by atoms with E-state index < -0.39 is 29.6 Å². The molecule has 14 heteroatoms. The van der Waals surface area contributed by atoms with Crippen LogP contribution in [0.15, 0.2) is 12.1 Å². The second kappa shape index (κ2) is 14.2. The van der Waals surface area contributed by atoms with Gasteiger partial charge >= 0.3 is 11.9 Å². The van der Waals surface area contributed by atoms with Crippen molar-refractivity contribution < 1.29 is 52.7 Å². The SMILES string of the molecule is COc1cc2c(c(Cl)c1OCCCOc1cc3c(c(F)c1OC)CN(C(=O)CC(C)C(=O)O)C3)CN(C(=O)CC(C)C(=O)O)C2. The van der Waals surface area contributed by atoms with Crippen molar-refractivity contribution in [2.45, 2.75) is 59.3 Å². The third-order valence-electron chi connectivity index (χ3n) is 7.91. The largest absolute Gasteiger partial charge is 0.493 e. The highest BCUT2D eigenvalue weighted by Gasteiger charge is 2.32. The van der Waals surface area contributed by atoms with Crippen LogP contribution < -0.4 is 18.9 Å². The Morgan fingerprint density at radius 3 is 1.84 bits per heavy atom. The van der Waals surface area contributed by atoms with E-state index in [0.29, 0.717) is 39.6 Å². The lowest BCUT2D eigenvalue weighted by atomic mass is 10.1. The van der Waals surface area contributed by atoms with Crippen LogP contribution in [0.2, 0.25) is 5.02 Å². The van der Waals surface area contributed by atoms with Gasteiger partial charge in [-0.25, -0.2) is 4.39 Å². The zero-order chi connectivity index (χ0) is 33.0. The van der Waals surface area contributed by atoms with E-state index in [2.05, 4.69) is 0 Å². The maximum absolute atomic E-state index is 15.3. The molecule has 2 aliphatic rings. The Balaban J connectivity index is 1.36. The molecule has 0 saturated carbocycles. The smallest absolute Gasteiger partial charge is 0.306 e. The molecule has 0 aromatic heterocycles. The summed E-state index contributed by atoms with van der Waals surface area (Å²) in [7, 11) is 2.79. The molecule has 12 nitrogen and oxygen atoms in total. The fourth-order valence-corrected chi connectivity index (χ4v) is 5.56. The van der Waals surface area contributed by atoms with E-state index in [1.54, 1.807) is 17.0 Å². The van der Waals surface area contributed by atoms with Crippen LogP contribution in [-0.4, -0.2) is 71.2 Å². The first-order valence-corrected chi connectivity index (χ1v) is 14.8. The maximum atomic E-state index is 15.3. The predicted molar refractivity (Wildman–Crippen MR) is 158 cm³/mol. The molecule has 2 aliphatic heterocycles. The molecule has 0 radical (unpaired) electrons. The van der Waals surface area contributed by atoms with Crippen LogP contribution in [0.5, 0.6) is 23.0 Å². The summed E-state index contributed by atoms with van der Waals surface area (Å²) in [5, 5.41) is 18.5. The monoisotopic (exact) mass is 650 g/mol. The zero-order valence-electron chi connectivity index (χ0n) is 25.5. The van der Waals surface area contributed by atoms with Crippen molar-refractivity contribution in [3.05, 3.63) is 45.2 Å². The molecule has 2 aromatic carbocycles. The fourth-order valence-electron chi connectivity index (χ4n) is 5.23. The normalized spacial score (nSPS) is 14.8. The van der Waals surface area contributed by atoms with Gasteiger partial charge in [0.25, 0.3) is 0 Å². The van der Waals surface area contributed by atoms with Crippen molar-refractivity contribution in [3.63, 3.8) is 0 Å². The van der Waals surface area contributed by atoms with Crippen molar-refractivity contribution in [1.29, 1.82) is 0 Å². The minimum Gasteiger partial charge on any atom is -0.493 e. The number of carbonyl (C=O) groups excluding carboxylic acids is 2. The van der Waals surface area contributed by atoms with E-state index >= 15 is 4.39 Å². The molecular weight excluding hydrogens is 615 g/mol. The summed E-state index contributed by atoms with van der Waals surface area (Å²) in [5.74, 6) is -4.34. The Kier molecular flexibility index (Phi) is 10.6. The number of aliphatic carboxylic acids is 2. The summed E-state index contributed by atoms with van der Waals surface area (Å²) < 4.78 is 37.9. The molecule has 4 rings (SSSR count). The first kappa shape index (κ1) is 33.6. The van der Waals surface area contributed by atoms with Gasteiger partial charge in [-0.2, -0.15) is 0 Å². The summed E-state index contributed by atoms with van der Waals surface area (Å²) in [4.78, 5) is 50.5. The fraction of sp³-hybridized carbons (Fsp3) is 0.484. The molecule has 2 atom stereocenters. The number of hydrogen-bond acceptors (Lipinski definition) is 8.